The van der Waals surface area contributed by atoms with E-state index in [2.05, 4.69) is 9.72 Å². The van der Waals surface area contributed by atoms with Crippen molar-refractivity contribution in [2.45, 2.75) is 6.92 Å². The third-order valence-corrected chi connectivity index (χ3v) is 1.32. The second kappa shape index (κ2) is 4.23. The molecule has 0 aliphatic carbocycles. The van der Waals surface area contributed by atoms with Crippen LogP contribution in [0.25, 0.3) is 0 Å². The van der Waals surface area contributed by atoms with Gasteiger partial charge in [-0.05, 0) is 0 Å². The largest absolute Gasteiger partial charge is 0.292 e. The van der Waals surface area contributed by atoms with Gasteiger partial charge >= 0.3 is 0 Å². The molecule has 3 nitrogen and oxygen atoms in total. The lowest BCUT2D eigenvalue weighted by atomic mass is 11.0. The first kappa shape index (κ1) is 7.07. The Labute approximate surface area is 45.6 Å². The Balaban J connectivity index is 3.00. The molecule has 0 aliphatic heterocycles. The molecule has 0 radical (unpaired) electrons. The number of nitrogens with one attached hydrogen (secondary N) is 1. The summed E-state index contributed by atoms with van der Waals surface area (Å²) in [6.45, 7) is 1.81. The maximum atomic E-state index is 10.3. The Hall–Kier alpha value is 0.0700. The molecule has 4 heteroatoms. The van der Waals surface area contributed by atoms with Crippen LogP contribution in [0.1, 0.15) is 6.92 Å². The predicted molar refractivity (Wildman–Crippen MR) is 28.8 cm³/mol. The molecule has 0 aromatic carbocycles. The van der Waals surface area contributed by atoms with Crippen molar-refractivity contribution in [3.8, 4) is 0 Å². The lowest BCUT2D eigenvalue weighted by Gasteiger charge is -1.93. The van der Waals surface area contributed by atoms with Crippen LogP contribution in [0.2, 0.25) is 0 Å². The van der Waals surface area contributed by atoms with E-state index >= 15 is 0 Å². The van der Waals surface area contributed by atoms with Crippen molar-refractivity contribution in [2.24, 2.45) is 0 Å². The van der Waals surface area contributed by atoms with Crippen molar-refractivity contribution in [2.75, 3.05) is 12.9 Å². The summed E-state index contributed by atoms with van der Waals surface area (Å²) in [6.07, 6.45) is 0. The maximum absolute atomic E-state index is 10.3. The van der Waals surface area contributed by atoms with E-state index in [-0.39, 0.29) is 0 Å². The van der Waals surface area contributed by atoms with E-state index in [0.29, 0.717) is 5.75 Å². The first-order valence-electron chi connectivity index (χ1n) is 1.98. The van der Waals surface area contributed by atoms with Crippen LogP contribution in [0.4, 0.5) is 0 Å². The zero-order valence-electron chi connectivity index (χ0n) is 4.43. The molecule has 0 aromatic rings. The molecule has 1 unspecified atom stereocenters. The first-order chi connectivity index (χ1) is 3.31. The summed E-state index contributed by atoms with van der Waals surface area (Å²) in [5.41, 5.74) is 0. The number of hydrogen-bond donors (Lipinski definition) is 1. The summed E-state index contributed by atoms with van der Waals surface area (Å²) in [7, 11) is 0.439. The van der Waals surface area contributed by atoms with Crippen molar-refractivity contribution < 1.29 is 9.05 Å². The Kier molecular flexibility index (Phi) is 4.28. The molecule has 0 fully saturated rings. The van der Waals surface area contributed by atoms with Gasteiger partial charge in [0.15, 0.2) is 0 Å². The number of rotatable bonds is 3. The van der Waals surface area contributed by atoms with Crippen LogP contribution in [0.3, 0.4) is 0 Å². The Morgan fingerprint density at radius 2 is 2.43 bits per heavy atom. The van der Waals surface area contributed by atoms with Crippen LogP contribution in [0.5, 0.6) is 0 Å². The van der Waals surface area contributed by atoms with Crippen molar-refractivity contribution in [3.63, 3.8) is 0 Å². The fourth-order valence-corrected chi connectivity index (χ4v) is 0.456. The van der Waals surface area contributed by atoms with Crippen LogP contribution in [0, 0.1) is 0 Å². The van der Waals surface area contributed by atoms with Crippen molar-refractivity contribution in [1.29, 1.82) is 0 Å². The molecule has 0 aromatic heterocycles. The van der Waals surface area contributed by atoms with E-state index < -0.39 is 11.0 Å². The summed E-state index contributed by atoms with van der Waals surface area (Å²) in [4.78, 5) is 6.61. The van der Waals surface area contributed by atoms with E-state index in [1.54, 1.807) is 0 Å². The lowest BCUT2D eigenvalue weighted by molar-refractivity contribution is 0.158. The summed E-state index contributed by atoms with van der Waals surface area (Å²) >= 11 is 0. The van der Waals surface area contributed by atoms with Gasteiger partial charge in [-0.25, -0.2) is 4.21 Å². The normalized spacial score (nSPS) is 14.0. The molecular formula is C3H9NO2S. The highest BCUT2D eigenvalue weighted by Gasteiger charge is 1.86. The van der Waals surface area contributed by atoms with E-state index in [9.17, 15) is 4.21 Å². The minimum Gasteiger partial charge on any atom is -0.292 e. The van der Waals surface area contributed by atoms with Crippen LogP contribution in [0.15, 0.2) is 0 Å². The van der Waals surface area contributed by atoms with Crippen molar-refractivity contribution in [1.82, 2.24) is 4.89 Å². The topological polar surface area (TPSA) is 38.3 Å². The fraction of sp³-hybridized carbons (Fsp3) is 1.00. The van der Waals surface area contributed by atoms with Gasteiger partial charge in [-0.2, -0.15) is 0 Å². The van der Waals surface area contributed by atoms with Gasteiger partial charge in [0.25, 0.3) is 0 Å². The molecule has 1 atom stereocenters. The van der Waals surface area contributed by atoms with Gasteiger partial charge < -0.3 is 0 Å². The van der Waals surface area contributed by atoms with Gasteiger partial charge in [0.05, 0.1) is 7.11 Å². The second-order valence-corrected chi connectivity index (χ2v) is 2.36. The van der Waals surface area contributed by atoms with Crippen molar-refractivity contribution >= 4 is 11.0 Å². The molecular weight excluding hydrogens is 114 g/mol. The summed E-state index contributed by atoms with van der Waals surface area (Å²) < 4.78 is 10.3. The standard InChI is InChI=1S/C3H9NO2S/c1-3-7(5)4-6-2/h4H,3H2,1-2H3. The fourth-order valence-electron chi connectivity index (χ4n) is 0.152. The van der Waals surface area contributed by atoms with Gasteiger partial charge in [-0.3, -0.25) is 4.84 Å². The highest BCUT2D eigenvalue weighted by molar-refractivity contribution is 7.82. The quantitative estimate of drug-likeness (QED) is 0.529. The van der Waals surface area contributed by atoms with Gasteiger partial charge in [0, 0.05) is 5.75 Å². The van der Waals surface area contributed by atoms with Crippen LogP contribution in [-0.4, -0.2) is 17.1 Å². The zero-order valence-corrected chi connectivity index (χ0v) is 5.25. The Bertz CT molecular complexity index is 66.0. The third kappa shape index (κ3) is 3.91. The minimum atomic E-state index is -0.999. The van der Waals surface area contributed by atoms with Gasteiger partial charge in [-0.1, -0.05) is 6.92 Å². The zero-order chi connectivity index (χ0) is 5.70. The molecule has 0 saturated heterocycles. The molecule has 0 aliphatic rings. The molecule has 7 heavy (non-hydrogen) atoms. The molecule has 0 amide bonds. The van der Waals surface area contributed by atoms with Crippen LogP contribution in [-0.2, 0) is 15.8 Å². The Morgan fingerprint density at radius 1 is 1.86 bits per heavy atom. The molecule has 0 heterocycles. The average molecular weight is 123 g/mol. The smallest absolute Gasteiger partial charge is 0.115 e. The predicted octanol–water partition coefficient (Wildman–Crippen LogP) is -0.179. The van der Waals surface area contributed by atoms with Gasteiger partial charge in [-0.15, -0.1) is 4.89 Å². The molecule has 1 N–H and O–H groups in total. The van der Waals surface area contributed by atoms with E-state index in [1.165, 1.54) is 7.11 Å². The molecule has 0 spiro atoms. The van der Waals surface area contributed by atoms with Crippen LogP contribution < -0.4 is 4.89 Å². The summed E-state index contributed by atoms with van der Waals surface area (Å²) in [5, 5.41) is 0. The van der Waals surface area contributed by atoms with Gasteiger partial charge in [0.1, 0.15) is 11.0 Å². The lowest BCUT2D eigenvalue weighted by Crippen LogP contribution is -2.16. The average Bonchev–Trinajstić information content (AvgIpc) is 1.68. The molecule has 0 bridgehead atoms. The van der Waals surface area contributed by atoms with Crippen molar-refractivity contribution in [3.05, 3.63) is 0 Å². The SMILES string of the molecule is CCS(=O)NOC. The minimum absolute atomic E-state index is 0.577. The third-order valence-electron chi connectivity index (χ3n) is 0.438. The number of hydrogen-bond acceptors (Lipinski definition) is 2. The van der Waals surface area contributed by atoms with E-state index in [1.807, 2.05) is 6.92 Å². The summed E-state index contributed by atoms with van der Waals surface area (Å²) in [5.74, 6) is 0.577. The highest BCUT2D eigenvalue weighted by atomic mass is 32.2. The second-order valence-electron chi connectivity index (χ2n) is 0.922. The molecule has 44 valence electrons. The highest BCUT2D eigenvalue weighted by Crippen LogP contribution is 1.69. The maximum Gasteiger partial charge on any atom is 0.115 e. The first-order valence-corrected chi connectivity index (χ1v) is 3.30. The van der Waals surface area contributed by atoms with Crippen LogP contribution >= 0.6 is 0 Å². The monoisotopic (exact) mass is 123 g/mol. The van der Waals surface area contributed by atoms with E-state index in [4.69, 9.17) is 0 Å². The Morgan fingerprint density at radius 3 is 2.57 bits per heavy atom. The molecule has 0 saturated carbocycles. The molecule has 0 rings (SSSR count). The van der Waals surface area contributed by atoms with Gasteiger partial charge in [0.2, 0.25) is 0 Å². The summed E-state index contributed by atoms with van der Waals surface area (Å²) in [6, 6.07) is 0. The van der Waals surface area contributed by atoms with E-state index in [0.717, 1.165) is 0 Å².